The number of nitrogens with zero attached hydrogens (tertiary/aromatic N) is 2. The van der Waals surface area contributed by atoms with Crippen LogP contribution in [0.25, 0.3) is 0 Å². The van der Waals surface area contributed by atoms with E-state index in [0.29, 0.717) is 5.76 Å². The summed E-state index contributed by atoms with van der Waals surface area (Å²) in [4.78, 5) is 0. The molecule has 4 nitrogen and oxygen atoms in total. The van der Waals surface area contributed by atoms with Crippen LogP contribution >= 0.6 is 34.8 Å². The van der Waals surface area contributed by atoms with E-state index < -0.39 is 9.90 Å². The number of hydrogen-bond acceptors (Lipinski definition) is 4. The number of furan rings is 1. The Morgan fingerprint density at radius 2 is 2.06 bits per heavy atom. The van der Waals surface area contributed by atoms with Gasteiger partial charge in [-0.3, -0.25) is 0 Å². The molecule has 0 aliphatic carbocycles. The Balaban J connectivity index is 2.79. The molecule has 1 rings (SSSR count). The van der Waals surface area contributed by atoms with Gasteiger partial charge in [-0.05, 0) is 12.1 Å². The highest BCUT2D eigenvalue weighted by molar-refractivity contribution is 6.67. The van der Waals surface area contributed by atoms with Gasteiger partial charge in [0.25, 0.3) is 0 Å². The van der Waals surface area contributed by atoms with Crippen LogP contribution in [0.15, 0.2) is 21.7 Å². The van der Waals surface area contributed by atoms with Crippen LogP contribution in [-0.4, -0.2) is 34.2 Å². The average Bonchev–Trinajstić information content (AvgIpc) is 2.60. The normalized spacial score (nSPS) is 14.4. The van der Waals surface area contributed by atoms with E-state index in [4.69, 9.17) is 39.2 Å². The second-order valence-electron chi connectivity index (χ2n) is 3.28. The molecule has 1 heterocycles. The molecule has 0 aromatic carbocycles. The first-order chi connectivity index (χ1) is 7.30. The largest absolute Gasteiger partial charge is 0.457 e. The van der Waals surface area contributed by atoms with E-state index >= 15 is 0 Å². The summed E-state index contributed by atoms with van der Waals surface area (Å²) in [5, 5.41) is 15.2. The lowest BCUT2D eigenvalue weighted by Gasteiger charge is -2.15. The second kappa shape index (κ2) is 5.27. The Bertz CT molecular complexity index is 371. The van der Waals surface area contributed by atoms with Gasteiger partial charge in [0.1, 0.15) is 11.5 Å². The maximum Gasteiger partial charge on any atom is 0.223 e. The van der Waals surface area contributed by atoms with E-state index in [1.807, 2.05) is 0 Å². The monoisotopic (exact) mass is 284 g/mol. The molecule has 0 spiro atoms. The Morgan fingerprint density at radius 3 is 2.56 bits per heavy atom. The summed E-state index contributed by atoms with van der Waals surface area (Å²) >= 11 is 16.6. The highest BCUT2D eigenvalue weighted by atomic mass is 35.6. The highest BCUT2D eigenvalue weighted by Gasteiger charge is 2.34. The Labute approximate surface area is 108 Å². The Hall–Kier alpha value is -0.420. The molecule has 1 atom stereocenters. The van der Waals surface area contributed by atoms with Gasteiger partial charge in [-0.1, -0.05) is 34.8 Å². The van der Waals surface area contributed by atoms with Crippen molar-refractivity contribution in [3.05, 3.63) is 23.7 Å². The number of aliphatic hydroxyl groups is 1. The molecule has 1 N–H and O–H groups in total. The van der Waals surface area contributed by atoms with Gasteiger partial charge in [-0.15, -0.1) is 0 Å². The van der Waals surface area contributed by atoms with Crippen LogP contribution in [0.4, 0.5) is 0 Å². The topological polar surface area (TPSA) is 49.0 Å². The lowest BCUT2D eigenvalue weighted by molar-refractivity contribution is 0.153. The summed E-state index contributed by atoms with van der Waals surface area (Å²) < 4.78 is 3.43. The second-order valence-corrected chi connectivity index (χ2v) is 5.65. The minimum Gasteiger partial charge on any atom is -0.457 e. The smallest absolute Gasteiger partial charge is 0.223 e. The van der Waals surface area contributed by atoms with Gasteiger partial charge in [0, 0.05) is 14.1 Å². The van der Waals surface area contributed by atoms with Gasteiger partial charge in [-0.25, -0.2) is 0 Å². The number of hydrogen-bond donors (Lipinski definition) is 1. The van der Waals surface area contributed by atoms with Crippen molar-refractivity contribution in [1.29, 1.82) is 0 Å². The van der Waals surface area contributed by atoms with Crippen molar-refractivity contribution in [1.82, 2.24) is 5.01 Å². The summed E-state index contributed by atoms with van der Waals surface area (Å²) in [6, 6.07) is 3.16. The predicted octanol–water partition coefficient (Wildman–Crippen LogP) is 2.58. The zero-order valence-electron chi connectivity index (χ0n) is 8.69. The van der Waals surface area contributed by atoms with E-state index in [1.165, 1.54) is 12.3 Å². The molecule has 1 aromatic rings. The van der Waals surface area contributed by atoms with Crippen molar-refractivity contribution < 1.29 is 9.52 Å². The third kappa shape index (κ3) is 3.87. The fraction of sp³-hybridized carbons (Fsp3) is 0.444. The molecule has 0 fully saturated rings. The maximum absolute atomic E-state index is 9.60. The quantitative estimate of drug-likeness (QED) is 0.527. The number of rotatable bonds is 3. The van der Waals surface area contributed by atoms with E-state index in [2.05, 4.69) is 5.10 Å². The first kappa shape index (κ1) is 13.6. The van der Waals surface area contributed by atoms with Crippen molar-refractivity contribution in [3.63, 3.8) is 0 Å². The van der Waals surface area contributed by atoms with Gasteiger partial charge in [0.2, 0.25) is 3.79 Å². The average molecular weight is 286 g/mol. The van der Waals surface area contributed by atoms with Crippen LogP contribution in [0, 0.1) is 0 Å². The van der Waals surface area contributed by atoms with Gasteiger partial charge < -0.3 is 14.5 Å². The van der Waals surface area contributed by atoms with Crippen molar-refractivity contribution in [2.75, 3.05) is 14.1 Å². The Morgan fingerprint density at radius 1 is 1.44 bits per heavy atom. The molecule has 0 amide bonds. The van der Waals surface area contributed by atoms with Crippen molar-refractivity contribution >= 4 is 41.0 Å². The summed E-state index contributed by atoms with van der Waals surface area (Å²) in [7, 11) is 3.55. The summed E-state index contributed by atoms with van der Waals surface area (Å²) in [5.41, 5.74) is 0. The molecule has 7 heteroatoms. The molecule has 0 aliphatic rings. The molecule has 0 saturated heterocycles. The highest BCUT2D eigenvalue weighted by Crippen LogP contribution is 2.39. The van der Waals surface area contributed by atoms with Crippen LogP contribution in [-0.2, 0) is 0 Å². The first-order valence-corrected chi connectivity index (χ1v) is 5.50. The molecule has 0 saturated carbocycles. The van der Waals surface area contributed by atoms with Gasteiger partial charge in [0.05, 0.1) is 6.21 Å². The fourth-order valence-corrected chi connectivity index (χ4v) is 1.24. The van der Waals surface area contributed by atoms with Gasteiger partial charge in [-0.2, -0.15) is 5.10 Å². The minimum atomic E-state index is -1.81. The van der Waals surface area contributed by atoms with Gasteiger partial charge in [0.15, 0.2) is 6.10 Å². The zero-order chi connectivity index (χ0) is 12.3. The molecule has 0 aliphatic heterocycles. The lowest BCUT2D eigenvalue weighted by atomic mass is 10.3. The van der Waals surface area contributed by atoms with E-state index in [-0.39, 0.29) is 5.76 Å². The van der Waals surface area contributed by atoms with Crippen LogP contribution in [0.3, 0.4) is 0 Å². The molecular formula is C9H11Cl3N2O2. The SMILES string of the molecule is CN(C)N=Cc1ccc(C(O)C(Cl)(Cl)Cl)o1. The summed E-state index contributed by atoms with van der Waals surface area (Å²) in [5.74, 6) is 0.650. The number of alkyl halides is 3. The summed E-state index contributed by atoms with van der Waals surface area (Å²) in [6.07, 6.45) is 0.188. The standard InChI is InChI=1S/C9H11Cl3N2O2/c1-14(2)13-5-6-3-4-7(16-6)8(15)9(10,11)12/h3-5,8,15H,1-2H3. The molecule has 0 bridgehead atoms. The molecule has 1 unspecified atom stereocenters. The molecule has 90 valence electrons. The lowest BCUT2D eigenvalue weighted by Crippen LogP contribution is -2.15. The van der Waals surface area contributed by atoms with Crippen LogP contribution in [0.5, 0.6) is 0 Å². The van der Waals surface area contributed by atoms with Crippen LogP contribution in [0.2, 0.25) is 0 Å². The van der Waals surface area contributed by atoms with Crippen molar-refractivity contribution in [2.45, 2.75) is 9.90 Å². The number of halogens is 3. The van der Waals surface area contributed by atoms with Crippen molar-refractivity contribution in [3.8, 4) is 0 Å². The van der Waals surface area contributed by atoms with Gasteiger partial charge >= 0.3 is 0 Å². The van der Waals surface area contributed by atoms with Crippen molar-refractivity contribution in [2.24, 2.45) is 5.10 Å². The molecule has 1 aromatic heterocycles. The predicted molar refractivity (Wildman–Crippen MR) is 65.2 cm³/mol. The maximum atomic E-state index is 9.60. The fourth-order valence-electron chi connectivity index (χ4n) is 0.918. The molecular weight excluding hydrogens is 274 g/mol. The first-order valence-electron chi connectivity index (χ1n) is 4.36. The van der Waals surface area contributed by atoms with E-state index in [0.717, 1.165) is 0 Å². The number of aliphatic hydroxyl groups excluding tert-OH is 1. The zero-order valence-corrected chi connectivity index (χ0v) is 11.0. The number of hydrazone groups is 1. The minimum absolute atomic E-state index is 0.181. The summed E-state index contributed by atoms with van der Waals surface area (Å²) in [6.45, 7) is 0. The Kier molecular flexibility index (Phi) is 4.50. The van der Waals surface area contributed by atoms with Crippen LogP contribution in [0.1, 0.15) is 17.6 Å². The van der Waals surface area contributed by atoms with E-state index in [1.54, 1.807) is 25.2 Å². The molecule has 0 radical (unpaired) electrons. The van der Waals surface area contributed by atoms with Crippen LogP contribution < -0.4 is 0 Å². The third-order valence-corrected chi connectivity index (χ3v) is 2.26. The molecule has 16 heavy (non-hydrogen) atoms. The van der Waals surface area contributed by atoms with E-state index in [9.17, 15) is 5.11 Å². The third-order valence-electron chi connectivity index (χ3n) is 1.64.